The SMILES string of the molecule is NCC1CCN(CCCC2CCCC2)C1. The Balaban J connectivity index is 1.54. The molecule has 2 fully saturated rings. The Morgan fingerprint density at radius 3 is 2.53 bits per heavy atom. The summed E-state index contributed by atoms with van der Waals surface area (Å²) in [6.45, 7) is 4.78. The second kappa shape index (κ2) is 5.86. The summed E-state index contributed by atoms with van der Waals surface area (Å²) in [6.07, 6.45) is 10.2. The molecule has 1 saturated heterocycles. The van der Waals surface area contributed by atoms with Gasteiger partial charge in [0.25, 0.3) is 0 Å². The number of nitrogens with two attached hydrogens (primary N) is 1. The zero-order chi connectivity index (χ0) is 10.5. The summed E-state index contributed by atoms with van der Waals surface area (Å²) in [5.41, 5.74) is 5.70. The summed E-state index contributed by atoms with van der Waals surface area (Å²) in [7, 11) is 0. The van der Waals surface area contributed by atoms with E-state index in [0.717, 1.165) is 18.4 Å². The zero-order valence-electron chi connectivity index (χ0n) is 9.96. The quantitative estimate of drug-likeness (QED) is 0.754. The minimum Gasteiger partial charge on any atom is -0.330 e. The fraction of sp³-hybridized carbons (Fsp3) is 1.00. The molecule has 1 heterocycles. The van der Waals surface area contributed by atoms with Crippen LogP contribution in [-0.2, 0) is 0 Å². The Morgan fingerprint density at radius 1 is 1.07 bits per heavy atom. The van der Waals surface area contributed by atoms with Gasteiger partial charge >= 0.3 is 0 Å². The highest BCUT2D eigenvalue weighted by Crippen LogP contribution is 2.28. The lowest BCUT2D eigenvalue weighted by Crippen LogP contribution is -2.24. The third-order valence-corrected chi connectivity index (χ3v) is 4.26. The minimum atomic E-state index is 0.788. The lowest BCUT2D eigenvalue weighted by atomic mass is 10.0. The van der Waals surface area contributed by atoms with Crippen LogP contribution in [0.4, 0.5) is 0 Å². The Bertz CT molecular complexity index is 175. The van der Waals surface area contributed by atoms with Crippen LogP contribution < -0.4 is 5.73 Å². The van der Waals surface area contributed by atoms with E-state index in [4.69, 9.17) is 5.73 Å². The van der Waals surface area contributed by atoms with Gasteiger partial charge in [0.2, 0.25) is 0 Å². The molecule has 1 saturated carbocycles. The van der Waals surface area contributed by atoms with E-state index in [1.54, 1.807) is 0 Å². The van der Waals surface area contributed by atoms with Crippen LogP contribution in [-0.4, -0.2) is 31.1 Å². The number of hydrogen-bond donors (Lipinski definition) is 1. The van der Waals surface area contributed by atoms with Gasteiger partial charge in [-0.05, 0) is 50.7 Å². The smallest absolute Gasteiger partial charge is 0.00222 e. The van der Waals surface area contributed by atoms with Crippen molar-refractivity contribution in [3.8, 4) is 0 Å². The predicted molar refractivity (Wildman–Crippen MR) is 64.8 cm³/mol. The minimum absolute atomic E-state index is 0.788. The number of hydrogen-bond acceptors (Lipinski definition) is 2. The molecule has 0 aromatic rings. The molecule has 2 nitrogen and oxygen atoms in total. The van der Waals surface area contributed by atoms with Crippen LogP contribution in [0, 0.1) is 11.8 Å². The summed E-state index contributed by atoms with van der Waals surface area (Å²) in [5.74, 6) is 1.86. The standard InChI is InChI=1S/C13H26N2/c14-10-13-7-9-15(11-13)8-3-6-12-4-1-2-5-12/h12-13H,1-11,14H2. The van der Waals surface area contributed by atoms with Gasteiger partial charge in [-0.1, -0.05) is 25.7 Å². The van der Waals surface area contributed by atoms with Gasteiger partial charge in [0.05, 0.1) is 0 Å². The van der Waals surface area contributed by atoms with Gasteiger partial charge < -0.3 is 10.6 Å². The van der Waals surface area contributed by atoms with E-state index in [1.165, 1.54) is 64.6 Å². The molecule has 1 aliphatic heterocycles. The molecule has 1 aliphatic carbocycles. The van der Waals surface area contributed by atoms with Crippen LogP contribution in [0.3, 0.4) is 0 Å². The molecule has 15 heavy (non-hydrogen) atoms. The topological polar surface area (TPSA) is 29.3 Å². The van der Waals surface area contributed by atoms with Crippen LogP contribution in [0.2, 0.25) is 0 Å². The van der Waals surface area contributed by atoms with Crippen molar-refractivity contribution in [2.75, 3.05) is 26.2 Å². The fourth-order valence-corrected chi connectivity index (χ4v) is 3.21. The Kier molecular flexibility index (Phi) is 4.45. The highest BCUT2D eigenvalue weighted by molar-refractivity contribution is 4.76. The van der Waals surface area contributed by atoms with Crippen LogP contribution >= 0.6 is 0 Å². The molecule has 2 heteroatoms. The van der Waals surface area contributed by atoms with Gasteiger partial charge in [0.15, 0.2) is 0 Å². The van der Waals surface area contributed by atoms with Gasteiger partial charge in [0.1, 0.15) is 0 Å². The highest BCUT2D eigenvalue weighted by atomic mass is 15.1. The van der Waals surface area contributed by atoms with E-state index in [-0.39, 0.29) is 0 Å². The molecule has 0 spiro atoms. The van der Waals surface area contributed by atoms with E-state index in [0.29, 0.717) is 0 Å². The molecular weight excluding hydrogens is 184 g/mol. The first-order chi connectivity index (χ1) is 7.38. The van der Waals surface area contributed by atoms with Crippen molar-refractivity contribution in [1.29, 1.82) is 0 Å². The monoisotopic (exact) mass is 210 g/mol. The molecule has 0 radical (unpaired) electrons. The van der Waals surface area contributed by atoms with E-state index >= 15 is 0 Å². The first kappa shape index (κ1) is 11.4. The second-order valence-electron chi connectivity index (χ2n) is 5.48. The van der Waals surface area contributed by atoms with Crippen LogP contribution in [0.25, 0.3) is 0 Å². The van der Waals surface area contributed by atoms with Gasteiger partial charge in [-0.2, -0.15) is 0 Å². The number of nitrogens with zero attached hydrogens (tertiary/aromatic N) is 1. The molecule has 2 aliphatic rings. The van der Waals surface area contributed by atoms with Crippen molar-refractivity contribution in [3.05, 3.63) is 0 Å². The van der Waals surface area contributed by atoms with Crippen molar-refractivity contribution in [2.45, 2.75) is 44.9 Å². The van der Waals surface area contributed by atoms with Crippen LogP contribution in [0.15, 0.2) is 0 Å². The van der Waals surface area contributed by atoms with E-state index in [1.807, 2.05) is 0 Å². The van der Waals surface area contributed by atoms with E-state index < -0.39 is 0 Å². The third-order valence-electron chi connectivity index (χ3n) is 4.26. The summed E-state index contributed by atoms with van der Waals surface area (Å²) in [5, 5.41) is 0. The molecule has 0 bridgehead atoms. The average Bonchev–Trinajstić information content (AvgIpc) is 2.88. The molecular formula is C13H26N2. The maximum Gasteiger partial charge on any atom is 0.00222 e. The molecule has 88 valence electrons. The van der Waals surface area contributed by atoms with E-state index in [9.17, 15) is 0 Å². The van der Waals surface area contributed by atoms with Crippen molar-refractivity contribution >= 4 is 0 Å². The normalized spacial score (nSPS) is 29.0. The number of rotatable bonds is 5. The molecule has 0 aromatic carbocycles. The first-order valence-electron chi connectivity index (χ1n) is 6.81. The van der Waals surface area contributed by atoms with Crippen LogP contribution in [0.1, 0.15) is 44.9 Å². The maximum absolute atomic E-state index is 5.70. The van der Waals surface area contributed by atoms with Crippen molar-refractivity contribution < 1.29 is 0 Å². The zero-order valence-corrected chi connectivity index (χ0v) is 9.96. The van der Waals surface area contributed by atoms with Crippen molar-refractivity contribution in [1.82, 2.24) is 4.90 Å². The molecule has 1 atom stereocenters. The predicted octanol–water partition coefficient (Wildman–Crippen LogP) is 2.24. The maximum atomic E-state index is 5.70. The van der Waals surface area contributed by atoms with Crippen LogP contribution in [0.5, 0.6) is 0 Å². The average molecular weight is 210 g/mol. The van der Waals surface area contributed by atoms with Gasteiger partial charge in [0, 0.05) is 6.54 Å². The molecule has 2 N–H and O–H groups in total. The Labute approximate surface area is 94.2 Å². The first-order valence-corrected chi connectivity index (χ1v) is 6.81. The number of likely N-dealkylation sites (tertiary alicyclic amines) is 1. The van der Waals surface area contributed by atoms with E-state index in [2.05, 4.69) is 4.90 Å². The summed E-state index contributed by atoms with van der Waals surface area (Å²) < 4.78 is 0. The van der Waals surface area contributed by atoms with Gasteiger partial charge in [-0.25, -0.2) is 0 Å². The largest absolute Gasteiger partial charge is 0.330 e. The summed E-state index contributed by atoms with van der Waals surface area (Å²) >= 11 is 0. The molecule has 2 rings (SSSR count). The third kappa shape index (κ3) is 3.46. The Morgan fingerprint density at radius 2 is 1.87 bits per heavy atom. The highest BCUT2D eigenvalue weighted by Gasteiger charge is 2.21. The lowest BCUT2D eigenvalue weighted by molar-refractivity contribution is 0.305. The van der Waals surface area contributed by atoms with Gasteiger partial charge in [-0.15, -0.1) is 0 Å². The second-order valence-corrected chi connectivity index (χ2v) is 5.48. The summed E-state index contributed by atoms with van der Waals surface area (Å²) in [4.78, 5) is 2.62. The molecule has 0 amide bonds. The van der Waals surface area contributed by atoms with Gasteiger partial charge in [-0.3, -0.25) is 0 Å². The summed E-state index contributed by atoms with van der Waals surface area (Å²) in [6, 6.07) is 0. The molecule has 1 unspecified atom stereocenters. The fourth-order valence-electron chi connectivity index (χ4n) is 3.21. The van der Waals surface area contributed by atoms with Crippen molar-refractivity contribution in [2.24, 2.45) is 17.6 Å². The molecule has 0 aromatic heterocycles. The Hall–Kier alpha value is -0.0800. The lowest BCUT2D eigenvalue weighted by Gasteiger charge is -2.16. The van der Waals surface area contributed by atoms with Crippen molar-refractivity contribution in [3.63, 3.8) is 0 Å².